The van der Waals surface area contributed by atoms with Crippen LogP contribution in [0.4, 0.5) is 0 Å². The maximum absolute atomic E-state index is 5.31. The van der Waals surface area contributed by atoms with Gasteiger partial charge in [-0.25, -0.2) is 0 Å². The fraction of sp³-hybridized carbons (Fsp3) is 0.0714. The summed E-state index contributed by atoms with van der Waals surface area (Å²) in [7, 11) is 1.69. The van der Waals surface area contributed by atoms with Crippen LogP contribution in [0.2, 0.25) is 0 Å². The maximum atomic E-state index is 5.31. The molecule has 15 heavy (non-hydrogen) atoms. The molecule has 0 saturated heterocycles. The third-order valence-electron chi connectivity index (χ3n) is 2.37. The Morgan fingerprint density at radius 1 is 0.933 bits per heavy atom. The Kier molecular flexibility index (Phi) is 2.72. The third kappa shape index (κ3) is 2.01. The summed E-state index contributed by atoms with van der Waals surface area (Å²) in [5.41, 5.74) is 3.29. The van der Waals surface area contributed by atoms with Gasteiger partial charge in [0.05, 0.1) is 7.11 Å². The van der Waals surface area contributed by atoms with Gasteiger partial charge in [0.1, 0.15) is 5.75 Å². The van der Waals surface area contributed by atoms with Crippen molar-refractivity contribution in [3.8, 4) is 16.9 Å². The molecule has 75 valence electrons. The molecule has 0 aromatic heterocycles. The van der Waals surface area contributed by atoms with Gasteiger partial charge in [-0.15, -0.1) is 0 Å². The molecular formula is C14H13O. The van der Waals surface area contributed by atoms with Crippen molar-refractivity contribution in [1.82, 2.24) is 0 Å². The van der Waals surface area contributed by atoms with Crippen LogP contribution in [0, 0.1) is 6.92 Å². The smallest absolute Gasteiger partial charge is 0.126 e. The van der Waals surface area contributed by atoms with Gasteiger partial charge in [0.15, 0.2) is 0 Å². The molecule has 0 saturated carbocycles. The number of para-hydroxylation sites is 1. The van der Waals surface area contributed by atoms with Gasteiger partial charge in [-0.1, -0.05) is 42.5 Å². The molecule has 1 radical (unpaired) electrons. The summed E-state index contributed by atoms with van der Waals surface area (Å²) in [6.07, 6.45) is 0. The van der Waals surface area contributed by atoms with E-state index in [9.17, 15) is 0 Å². The number of rotatable bonds is 2. The Labute approximate surface area is 90.3 Å². The lowest BCUT2D eigenvalue weighted by atomic mass is 10.0. The molecule has 0 atom stereocenters. The van der Waals surface area contributed by atoms with Crippen LogP contribution in [-0.2, 0) is 0 Å². The molecule has 0 unspecified atom stereocenters. The Morgan fingerprint density at radius 3 is 2.27 bits per heavy atom. The molecule has 0 spiro atoms. The molecule has 2 aromatic rings. The average molecular weight is 197 g/mol. The summed E-state index contributed by atoms with van der Waals surface area (Å²) >= 11 is 0. The van der Waals surface area contributed by atoms with Crippen molar-refractivity contribution in [3.05, 3.63) is 61.0 Å². The van der Waals surface area contributed by atoms with Crippen LogP contribution < -0.4 is 4.74 Å². The lowest BCUT2D eigenvalue weighted by Gasteiger charge is -2.08. The first-order chi connectivity index (χ1) is 7.31. The van der Waals surface area contributed by atoms with Gasteiger partial charge in [0.2, 0.25) is 0 Å². The van der Waals surface area contributed by atoms with E-state index in [-0.39, 0.29) is 0 Å². The molecule has 0 bridgehead atoms. The zero-order valence-electron chi connectivity index (χ0n) is 8.73. The van der Waals surface area contributed by atoms with Crippen molar-refractivity contribution in [2.24, 2.45) is 0 Å². The van der Waals surface area contributed by atoms with E-state index >= 15 is 0 Å². The minimum Gasteiger partial charge on any atom is -0.496 e. The first kappa shape index (κ1) is 9.78. The number of benzene rings is 2. The second-order valence-corrected chi connectivity index (χ2v) is 3.40. The molecule has 2 aromatic carbocycles. The second kappa shape index (κ2) is 4.18. The standard InChI is InChI=1S/C14H13O/c1-11-7-9-12(10-8-11)13-5-3-4-6-14(13)15-2/h3-10H,1H2,2H3. The van der Waals surface area contributed by atoms with E-state index < -0.39 is 0 Å². The largest absolute Gasteiger partial charge is 0.496 e. The summed E-state index contributed by atoms with van der Waals surface area (Å²) in [5.74, 6) is 0.898. The molecular weight excluding hydrogens is 184 g/mol. The molecule has 0 N–H and O–H groups in total. The van der Waals surface area contributed by atoms with Crippen molar-refractivity contribution in [2.45, 2.75) is 0 Å². The normalized spacial score (nSPS) is 10.0. The first-order valence-electron chi connectivity index (χ1n) is 4.86. The fourth-order valence-electron chi connectivity index (χ4n) is 1.57. The molecule has 0 aliphatic carbocycles. The average Bonchev–Trinajstić information content (AvgIpc) is 2.30. The minimum absolute atomic E-state index is 0.898. The quantitative estimate of drug-likeness (QED) is 0.715. The molecule has 2 rings (SSSR count). The molecule has 1 nitrogen and oxygen atoms in total. The summed E-state index contributed by atoms with van der Waals surface area (Å²) in [4.78, 5) is 0. The van der Waals surface area contributed by atoms with Crippen molar-refractivity contribution >= 4 is 0 Å². The SMILES string of the molecule is [CH2]c1ccc(-c2ccccc2OC)cc1. The van der Waals surface area contributed by atoms with Gasteiger partial charge in [0, 0.05) is 5.56 Å². The van der Waals surface area contributed by atoms with E-state index in [1.54, 1.807) is 7.11 Å². The predicted molar refractivity (Wildman–Crippen MR) is 62.9 cm³/mol. The Hall–Kier alpha value is -1.76. The van der Waals surface area contributed by atoms with Crippen LogP contribution in [0.5, 0.6) is 5.75 Å². The van der Waals surface area contributed by atoms with Crippen molar-refractivity contribution in [3.63, 3.8) is 0 Å². The van der Waals surface area contributed by atoms with Crippen LogP contribution >= 0.6 is 0 Å². The highest BCUT2D eigenvalue weighted by Crippen LogP contribution is 2.29. The summed E-state index contributed by atoms with van der Waals surface area (Å²) in [5, 5.41) is 0. The van der Waals surface area contributed by atoms with E-state index in [4.69, 9.17) is 4.74 Å². The van der Waals surface area contributed by atoms with Crippen LogP contribution in [0.3, 0.4) is 0 Å². The van der Waals surface area contributed by atoms with E-state index in [0.29, 0.717) is 0 Å². The van der Waals surface area contributed by atoms with Crippen molar-refractivity contribution < 1.29 is 4.74 Å². The molecule has 0 amide bonds. The zero-order chi connectivity index (χ0) is 10.7. The third-order valence-corrected chi connectivity index (χ3v) is 2.37. The number of methoxy groups -OCH3 is 1. The van der Waals surface area contributed by atoms with Gasteiger partial charge >= 0.3 is 0 Å². The van der Waals surface area contributed by atoms with Crippen LogP contribution in [-0.4, -0.2) is 7.11 Å². The van der Waals surface area contributed by atoms with Gasteiger partial charge < -0.3 is 4.74 Å². The lowest BCUT2D eigenvalue weighted by molar-refractivity contribution is 0.416. The topological polar surface area (TPSA) is 9.23 Å². The van der Waals surface area contributed by atoms with Crippen molar-refractivity contribution in [1.29, 1.82) is 0 Å². The van der Waals surface area contributed by atoms with Gasteiger partial charge in [-0.05, 0) is 24.1 Å². The molecule has 0 fully saturated rings. The highest BCUT2D eigenvalue weighted by Gasteiger charge is 2.03. The summed E-state index contributed by atoms with van der Waals surface area (Å²) in [6, 6.07) is 16.1. The van der Waals surface area contributed by atoms with Crippen LogP contribution in [0.1, 0.15) is 5.56 Å². The molecule has 0 aliphatic rings. The highest BCUT2D eigenvalue weighted by atomic mass is 16.5. The first-order valence-corrected chi connectivity index (χ1v) is 4.86. The monoisotopic (exact) mass is 197 g/mol. The van der Waals surface area contributed by atoms with Gasteiger partial charge in [-0.3, -0.25) is 0 Å². The number of hydrogen-bond acceptors (Lipinski definition) is 1. The maximum Gasteiger partial charge on any atom is 0.126 e. The zero-order valence-corrected chi connectivity index (χ0v) is 8.73. The lowest BCUT2D eigenvalue weighted by Crippen LogP contribution is -1.87. The van der Waals surface area contributed by atoms with Crippen LogP contribution in [0.25, 0.3) is 11.1 Å². The number of ether oxygens (including phenoxy) is 1. The Balaban J connectivity index is 2.49. The Bertz CT molecular complexity index is 443. The molecule has 1 heteroatoms. The highest BCUT2D eigenvalue weighted by molar-refractivity contribution is 5.70. The molecule has 0 heterocycles. The second-order valence-electron chi connectivity index (χ2n) is 3.40. The Morgan fingerprint density at radius 2 is 1.60 bits per heavy atom. The number of hydrogen-bond donors (Lipinski definition) is 0. The summed E-state index contributed by atoms with van der Waals surface area (Å²) in [6.45, 7) is 3.87. The van der Waals surface area contributed by atoms with E-state index in [1.165, 1.54) is 0 Å². The van der Waals surface area contributed by atoms with Gasteiger partial charge in [0.25, 0.3) is 0 Å². The fourth-order valence-corrected chi connectivity index (χ4v) is 1.57. The van der Waals surface area contributed by atoms with Crippen LogP contribution in [0.15, 0.2) is 48.5 Å². The molecule has 0 aliphatic heterocycles. The summed E-state index contributed by atoms with van der Waals surface area (Å²) < 4.78 is 5.31. The minimum atomic E-state index is 0.898. The van der Waals surface area contributed by atoms with E-state index in [1.807, 2.05) is 30.3 Å². The van der Waals surface area contributed by atoms with E-state index in [2.05, 4.69) is 25.1 Å². The van der Waals surface area contributed by atoms with Crippen molar-refractivity contribution in [2.75, 3.05) is 7.11 Å². The van der Waals surface area contributed by atoms with E-state index in [0.717, 1.165) is 22.4 Å². The predicted octanol–water partition coefficient (Wildman–Crippen LogP) is 3.54. The van der Waals surface area contributed by atoms with Gasteiger partial charge in [-0.2, -0.15) is 0 Å².